The molecule has 1 rings (SSSR count). The van der Waals surface area contributed by atoms with Gasteiger partial charge in [0.2, 0.25) is 0 Å². The average Bonchev–Trinajstić information content (AvgIpc) is 2.65. The van der Waals surface area contributed by atoms with Crippen LogP contribution in [0.1, 0.15) is 44.2 Å². The number of amides is 1. The number of hydroxylamine groups is 1. The van der Waals surface area contributed by atoms with E-state index in [2.05, 4.69) is 10.6 Å². The van der Waals surface area contributed by atoms with E-state index < -0.39 is 0 Å². The highest BCUT2D eigenvalue weighted by Gasteiger charge is 2.13. The quantitative estimate of drug-likeness (QED) is 0.777. The second-order valence-electron chi connectivity index (χ2n) is 4.39. The maximum atomic E-state index is 11.7. The lowest BCUT2D eigenvalue weighted by Crippen LogP contribution is -2.28. The fourth-order valence-electron chi connectivity index (χ4n) is 1.23. The van der Waals surface area contributed by atoms with Crippen LogP contribution in [0.15, 0.2) is 12.3 Å². The van der Waals surface area contributed by atoms with E-state index in [1.807, 2.05) is 27.7 Å². The van der Waals surface area contributed by atoms with Gasteiger partial charge in [0.15, 0.2) is 0 Å². The third-order valence-electron chi connectivity index (χ3n) is 1.97. The highest BCUT2D eigenvalue weighted by Crippen LogP contribution is 2.07. The van der Waals surface area contributed by atoms with Gasteiger partial charge in [-0.05, 0) is 25.8 Å². The molecule has 5 nitrogen and oxygen atoms in total. The SMILES string of the molecule is CC(C)CONC(=O)c1ccnn1C(C)C. The van der Waals surface area contributed by atoms with Crippen molar-refractivity contribution in [2.24, 2.45) is 5.92 Å². The molecule has 0 aromatic carbocycles. The molecular formula is C11H19N3O2. The largest absolute Gasteiger partial charge is 0.293 e. The highest BCUT2D eigenvalue weighted by atomic mass is 16.6. The average molecular weight is 225 g/mol. The van der Waals surface area contributed by atoms with Crippen molar-refractivity contribution in [1.29, 1.82) is 0 Å². The highest BCUT2D eigenvalue weighted by molar-refractivity contribution is 5.91. The van der Waals surface area contributed by atoms with Crippen molar-refractivity contribution in [2.45, 2.75) is 33.7 Å². The van der Waals surface area contributed by atoms with Gasteiger partial charge >= 0.3 is 0 Å². The monoisotopic (exact) mass is 225 g/mol. The molecule has 0 bridgehead atoms. The van der Waals surface area contributed by atoms with Gasteiger partial charge in [-0.2, -0.15) is 5.10 Å². The lowest BCUT2D eigenvalue weighted by molar-refractivity contribution is 0.0199. The first-order chi connectivity index (χ1) is 7.52. The zero-order valence-corrected chi connectivity index (χ0v) is 10.2. The summed E-state index contributed by atoms with van der Waals surface area (Å²) in [6.45, 7) is 8.48. The zero-order chi connectivity index (χ0) is 12.1. The van der Waals surface area contributed by atoms with Crippen LogP contribution in [0.5, 0.6) is 0 Å². The molecule has 0 spiro atoms. The minimum absolute atomic E-state index is 0.154. The summed E-state index contributed by atoms with van der Waals surface area (Å²) in [5.41, 5.74) is 2.92. The molecule has 0 aliphatic carbocycles. The molecule has 90 valence electrons. The fourth-order valence-corrected chi connectivity index (χ4v) is 1.23. The van der Waals surface area contributed by atoms with Gasteiger partial charge in [-0.1, -0.05) is 13.8 Å². The standard InChI is InChI=1S/C11H19N3O2/c1-8(2)7-16-13-11(15)10-5-6-12-14(10)9(3)4/h5-6,8-9H,7H2,1-4H3,(H,13,15). The predicted molar refractivity (Wildman–Crippen MR) is 60.9 cm³/mol. The molecule has 1 heterocycles. The maximum absolute atomic E-state index is 11.7. The molecule has 0 saturated carbocycles. The topological polar surface area (TPSA) is 56.1 Å². The van der Waals surface area contributed by atoms with Gasteiger partial charge in [0.05, 0.1) is 6.61 Å². The molecule has 16 heavy (non-hydrogen) atoms. The molecule has 1 amide bonds. The van der Waals surface area contributed by atoms with Gasteiger partial charge in [0.1, 0.15) is 5.69 Å². The molecule has 5 heteroatoms. The minimum atomic E-state index is -0.258. The van der Waals surface area contributed by atoms with Crippen molar-refractivity contribution in [2.75, 3.05) is 6.61 Å². The molecule has 0 radical (unpaired) electrons. The maximum Gasteiger partial charge on any atom is 0.293 e. The van der Waals surface area contributed by atoms with Crippen molar-refractivity contribution in [3.05, 3.63) is 18.0 Å². The Morgan fingerprint density at radius 1 is 1.50 bits per heavy atom. The smallest absolute Gasteiger partial charge is 0.273 e. The zero-order valence-electron chi connectivity index (χ0n) is 10.2. The lowest BCUT2D eigenvalue weighted by atomic mass is 10.2. The molecule has 0 fully saturated rings. The van der Waals surface area contributed by atoms with Crippen molar-refractivity contribution >= 4 is 5.91 Å². The second-order valence-corrected chi connectivity index (χ2v) is 4.39. The number of carbonyl (C=O) groups excluding carboxylic acids is 1. The number of carbonyl (C=O) groups is 1. The van der Waals surface area contributed by atoms with Crippen molar-refractivity contribution in [3.8, 4) is 0 Å². The van der Waals surface area contributed by atoms with Crippen LogP contribution in [-0.4, -0.2) is 22.3 Å². The summed E-state index contributed by atoms with van der Waals surface area (Å²) in [4.78, 5) is 16.8. The number of rotatable bonds is 5. The van der Waals surface area contributed by atoms with Crippen LogP contribution in [0.4, 0.5) is 0 Å². The van der Waals surface area contributed by atoms with Gasteiger partial charge in [-0.25, -0.2) is 5.48 Å². The summed E-state index contributed by atoms with van der Waals surface area (Å²) in [5, 5.41) is 4.08. The Morgan fingerprint density at radius 2 is 2.19 bits per heavy atom. The molecule has 1 aromatic rings. The molecule has 1 N–H and O–H groups in total. The Labute approximate surface area is 95.7 Å². The van der Waals surface area contributed by atoms with Crippen LogP contribution in [0.3, 0.4) is 0 Å². The Balaban J connectivity index is 2.56. The first-order valence-corrected chi connectivity index (χ1v) is 5.48. The Kier molecular flexibility index (Phi) is 4.49. The third kappa shape index (κ3) is 3.34. The summed E-state index contributed by atoms with van der Waals surface area (Å²) < 4.78 is 1.66. The number of nitrogens with one attached hydrogen (secondary N) is 1. The lowest BCUT2D eigenvalue weighted by Gasteiger charge is -2.11. The van der Waals surface area contributed by atoms with Crippen LogP contribution in [0.2, 0.25) is 0 Å². The minimum Gasteiger partial charge on any atom is -0.273 e. The molecule has 0 aliphatic rings. The van der Waals surface area contributed by atoms with Gasteiger partial charge in [-0.15, -0.1) is 0 Å². The van der Waals surface area contributed by atoms with Crippen LogP contribution in [0, 0.1) is 5.92 Å². The molecule has 0 aliphatic heterocycles. The van der Waals surface area contributed by atoms with Crippen LogP contribution in [0.25, 0.3) is 0 Å². The molecule has 0 unspecified atom stereocenters. The summed E-state index contributed by atoms with van der Waals surface area (Å²) >= 11 is 0. The van der Waals surface area contributed by atoms with Crippen LogP contribution in [-0.2, 0) is 4.84 Å². The number of nitrogens with zero attached hydrogens (tertiary/aromatic N) is 2. The Morgan fingerprint density at radius 3 is 2.75 bits per heavy atom. The van der Waals surface area contributed by atoms with Crippen molar-refractivity contribution < 1.29 is 9.63 Å². The predicted octanol–water partition coefficient (Wildman–Crippen LogP) is 1.78. The van der Waals surface area contributed by atoms with Gasteiger partial charge in [0, 0.05) is 12.2 Å². The number of hydrogen-bond acceptors (Lipinski definition) is 3. The van der Waals surface area contributed by atoms with E-state index in [0.717, 1.165) is 0 Å². The first-order valence-electron chi connectivity index (χ1n) is 5.48. The summed E-state index contributed by atoms with van der Waals surface area (Å²) in [6.07, 6.45) is 1.61. The van der Waals surface area contributed by atoms with E-state index in [1.165, 1.54) is 0 Å². The van der Waals surface area contributed by atoms with E-state index in [9.17, 15) is 4.79 Å². The van der Waals surface area contributed by atoms with E-state index in [0.29, 0.717) is 18.2 Å². The molecular weight excluding hydrogens is 206 g/mol. The molecule has 1 aromatic heterocycles. The van der Waals surface area contributed by atoms with E-state index in [4.69, 9.17) is 4.84 Å². The number of aromatic nitrogens is 2. The number of hydrogen-bond donors (Lipinski definition) is 1. The van der Waals surface area contributed by atoms with E-state index in [1.54, 1.807) is 16.9 Å². The Hall–Kier alpha value is -1.36. The van der Waals surface area contributed by atoms with Crippen molar-refractivity contribution in [3.63, 3.8) is 0 Å². The van der Waals surface area contributed by atoms with E-state index in [-0.39, 0.29) is 11.9 Å². The molecule has 0 atom stereocenters. The fraction of sp³-hybridized carbons (Fsp3) is 0.636. The molecule has 0 saturated heterocycles. The first kappa shape index (κ1) is 12.7. The summed E-state index contributed by atoms with van der Waals surface area (Å²) in [6, 6.07) is 1.83. The van der Waals surface area contributed by atoms with Crippen LogP contribution >= 0.6 is 0 Å². The van der Waals surface area contributed by atoms with Gasteiger partial charge in [0.25, 0.3) is 5.91 Å². The van der Waals surface area contributed by atoms with Gasteiger partial charge in [-0.3, -0.25) is 14.3 Å². The van der Waals surface area contributed by atoms with E-state index >= 15 is 0 Å². The Bertz CT molecular complexity index is 345. The van der Waals surface area contributed by atoms with Gasteiger partial charge < -0.3 is 0 Å². The second kappa shape index (κ2) is 5.65. The summed E-state index contributed by atoms with van der Waals surface area (Å²) in [7, 11) is 0. The third-order valence-corrected chi connectivity index (χ3v) is 1.97. The van der Waals surface area contributed by atoms with Crippen LogP contribution < -0.4 is 5.48 Å². The summed E-state index contributed by atoms with van der Waals surface area (Å²) in [5.74, 6) is 0.127. The van der Waals surface area contributed by atoms with Crippen molar-refractivity contribution in [1.82, 2.24) is 15.3 Å². The normalized spacial score (nSPS) is 11.1.